The molecule has 1 amide bonds. The third-order valence-electron chi connectivity index (χ3n) is 5.73. The Bertz CT molecular complexity index is 1100. The number of nitrogens with one attached hydrogen (secondary N) is 2. The van der Waals surface area contributed by atoms with Gasteiger partial charge in [0.1, 0.15) is 11.6 Å². The van der Waals surface area contributed by atoms with Gasteiger partial charge in [-0.3, -0.25) is 4.79 Å². The van der Waals surface area contributed by atoms with Gasteiger partial charge in [0.05, 0.1) is 0 Å². The summed E-state index contributed by atoms with van der Waals surface area (Å²) in [6.45, 7) is 3.09. The van der Waals surface area contributed by atoms with Crippen molar-refractivity contribution in [3.63, 3.8) is 0 Å². The van der Waals surface area contributed by atoms with Crippen LogP contribution in [0.15, 0.2) is 48.5 Å². The number of nitrogen functional groups attached to an aromatic ring is 1. The first kappa shape index (κ1) is 21.8. The number of carbonyl (C=O) groups is 1. The fourth-order valence-electron chi connectivity index (χ4n) is 3.98. The van der Waals surface area contributed by atoms with E-state index in [9.17, 15) is 14.3 Å². The van der Waals surface area contributed by atoms with Crippen LogP contribution in [0.2, 0.25) is 0 Å². The van der Waals surface area contributed by atoms with Crippen molar-refractivity contribution in [1.82, 2.24) is 15.6 Å². The Kier molecular flexibility index (Phi) is 6.66. The molecule has 5 rings (SSSR count). The van der Waals surface area contributed by atoms with E-state index in [4.69, 9.17) is 5.73 Å². The predicted octanol–water partition coefficient (Wildman–Crippen LogP) is 3.89. The first-order valence-electron chi connectivity index (χ1n) is 10.9. The van der Waals surface area contributed by atoms with Crippen molar-refractivity contribution in [2.24, 2.45) is 0 Å². The number of phenols is 1. The average Bonchev–Trinajstić information content (AvgIpc) is 2.81. The maximum Gasteiger partial charge on any atom is 0.251 e. The van der Waals surface area contributed by atoms with Crippen LogP contribution in [-0.2, 0) is 6.42 Å². The Morgan fingerprint density at radius 2 is 1.59 bits per heavy atom. The number of aromatic nitrogens is 1. The van der Waals surface area contributed by atoms with E-state index in [2.05, 4.69) is 15.6 Å². The van der Waals surface area contributed by atoms with Crippen LogP contribution in [0.5, 0.6) is 5.75 Å². The maximum atomic E-state index is 14.4. The quantitative estimate of drug-likeness (QED) is 0.459. The molecule has 2 aromatic carbocycles. The third-order valence-corrected chi connectivity index (χ3v) is 5.73. The number of benzene rings is 2. The summed E-state index contributed by atoms with van der Waals surface area (Å²) in [5, 5.41) is 15.5. The van der Waals surface area contributed by atoms with Crippen LogP contribution in [0.4, 0.5) is 10.2 Å². The van der Waals surface area contributed by atoms with Crippen LogP contribution in [0.1, 0.15) is 35.2 Å². The molecule has 0 spiro atoms. The lowest BCUT2D eigenvalue weighted by Gasteiger charge is -2.18. The first-order chi connectivity index (χ1) is 15.5. The van der Waals surface area contributed by atoms with Crippen LogP contribution in [0, 0.1) is 5.95 Å². The van der Waals surface area contributed by atoms with Crippen LogP contribution < -0.4 is 16.4 Å². The first-order valence-corrected chi connectivity index (χ1v) is 10.9. The number of anilines is 1. The number of pyridine rings is 1. The fourth-order valence-corrected chi connectivity index (χ4v) is 3.98. The molecule has 166 valence electrons. The zero-order valence-electron chi connectivity index (χ0n) is 17.8. The smallest absolute Gasteiger partial charge is 0.251 e. The van der Waals surface area contributed by atoms with Gasteiger partial charge in [-0.15, -0.1) is 0 Å². The van der Waals surface area contributed by atoms with Crippen molar-refractivity contribution >= 4 is 11.7 Å². The molecule has 7 heteroatoms. The largest absolute Gasteiger partial charge is 0.508 e. The van der Waals surface area contributed by atoms with Crippen molar-refractivity contribution in [3.05, 3.63) is 65.6 Å². The lowest BCUT2D eigenvalue weighted by molar-refractivity contribution is 0.0946. The molecule has 2 aliphatic rings. The van der Waals surface area contributed by atoms with Gasteiger partial charge in [-0.1, -0.05) is 30.7 Å². The molecule has 0 radical (unpaired) electrons. The normalized spacial score (nSPS) is 15.2. The second-order valence-corrected chi connectivity index (χ2v) is 7.99. The summed E-state index contributed by atoms with van der Waals surface area (Å²) in [4.78, 5) is 15.7. The van der Waals surface area contributed by atoms with Gasteiger partial charge >= 0.3 is 0 Å². The number of nitrogens with two attached hydrogens (primary N) is 1. The lowest BCUT2D eigenvalue weighted by atomic mass is 9.94. The second kappa shape index (κ2) is 9.78. The molecular formula is C25H27FN4O2. The highest BCUT2D eigenvalue weighted by Gasteiger charge is 2.19. The van der Waals surface area contributed by atoms with Crippen LogP contribution in [-0.4, -0.2) is 35.6 Å². The Hall–Kier alpha value is -3.45. The molecule has 5 N–H and O–H groups in total. The second-order valence-electron chi connectivity index (χ2n) is 7.99. The molecule has 6 nitrogen and oxygen atoms in total. The van der Waals surface area contributed by atoms with Crippen molar-refractivity contribution in [1.29, 1.82) is 0 Å². The Labute approximate surface area is 186 Å². The topological polar surface area (TPSA) is 100 Å². The van der Waals surface area contributed by atoms with Gasteiger partial charge in [0.2, 0.25) is 5.95 Å². The molecule has 0 aliphatic carbocycles. The van der Waals surface area contributed by atoms with Gasteiger partial charge in [0.25, 0.3) is 5.91 Å². The zero-order valence-corrected chi connectivity index (χ0v) is 17.8. The van der Waals surface area contributed by atoms with Crippen molar-refractivity contribution in [3.8, 4) is 28.0 Å². The standard InChI is InChI=1S/C20H16FN3O2.C5H11N/c21-18-16(11-1-4-14(25)5-2-11)10-17(19(22)24-18)12-3-6-15-13(9-12)7-8-23-20(15)26;1-2-4-6-5-3-1/h1-6,9-10,25H,7-8H2,(H2,22,24)(H,23,26);6H,1-5H2. The van der Waals surface area contributed by atoms with Gasteiger partial charge < -0.3 is 21.5 Å². The highest BCUT2D eigenvalue weighted by molar-refractivity contribution is 5.97. The maximum absolute atomic E-state index is 14.4. The molecule has 0 atom stereocenters. The van der Waals surface area contributed by atoms with E-state index in [1.165, 1.54) is 44.5 Å². The summed E-state index contributed by atoms with van der Waals surface area (Å²) in [6, 6.07) is 13.3. The zero-order chi connectivity index (χ0) is 22.5. The number of rotatable bonds is 2. The number of phenolic OH excluding ortho intramolecular Hbond substituents is 1. The van der Waals surface area contributed by atoms with Gasteiger partial charge in [0.15, 0.2) is 0 Å². The van der Waals surface area contributed by atoms with Gasteiger partial charge in [-0.25, -0.2) is 4.98 Å². The molecule has 0 saturated carbocycles. The molecular weight excluding hydrogens is 407 g/mol. The van der Waals surface area contributed by atoms with Gasteiger partial charge in [-0.05, 0) is 73.3 Å². The third kappa shape index (κ3) is 4.89. The highest BCUT2D eigenvalue weighted by atomic mass is 19.1. The number of amides is 1. The van der Waals surface area contributed by atoms with E-state index in [-0.39, 0.29) is 17.5 Å². The number of piperidine rings is 1. The average molecular weight is 435 g/mol. The molecule has 32 heavy (non-hydrogen) atoms. The summed E-state index contributed by atoms with van der Waals surface area (Å²) < 4.78 is 14.4. The minimum Gasteiger partial charge on any atom is -0.508 e. The highest BCUT2D eigenvalue weighted by Crippen LogP contribution is 2.33. The number of aromatic hydroxyl groups is 1. The summed E-state index contributed by atoms with van der Waals surface area (Å²) >= 11 is 0. The van der Waals surface area contributed by atoms with Crippen molar-refractivity contribution < 1.29 is 14.3 Å². The lowest BCUT2D eigenvalue weighted by Crippen LogP contribution is -2.31. The molecule has 0 bridgehead atoms. The number of nitrogens with zero attached hydrogens (tertiary/aromatic N) is 1. The number of hydrogen-bond donors (Lipinski definition) is 4. The minimum atomic E-state index is -0.672. The van der Waals surface area contributed by atoms with Crippen molar-refractivity contribution in [2.45, 2.75) is 25.7 Å². The Balaban J connectivity index is 0.000000354. The van der Waals surface area contributed by atoms with E-state index in [1.54, 1.807) is 30.3 Å². The summed E-state index contributed by atoms with van der Waals surface area (Å²) in [7, 11) is 0. The summed E-state index contributed by atoms with van der Waals surface area (Å²) in [5.74, 6) is -0.571. The number of fused-ring (bicyclic) bond motifs is 1. The van der Waals surface area contributed by atoms with E-state index in [0.29, 0.717) is 28.8 Å². The molecule has 1 fully saturated rings. The number of hydrogen-bond acceptors (Lipinski definition) is 5. The number of carbonyl (C=O) groups excluding carboxylic acids is 1. The summed E-state index contributed by atoms with van der Waals surface area (Å²) in [6.07, 6.45) is 4.95. The Morgan fingerprint density at radius 3 is 2.25 bits per heavy atom. The monoisotopic (exact) mass is 434 g/mol. The SMILES string of the molecule is C1CCNCC1.Nc1nc(F)c(-c2ccc(O)cc2)cc1-c1ccc2c(c1)CCNC2=O. The molecule has 3 heterocycles. The molecule has 1 saturated heterocycles. The molecule has 1 aromatic heterocycles. The minimum absolute atomic E-state index is 0.0882. The number of halogens is 1. The van der Waals surface area contributed by atoms with E-state index >= 15 is 0 Å². The molecule has 0 unspecified atom stereocenters. The van der Waals surface area contributed by atoms with Gasteiger partial charge in [-0.2, -0.15) is 4.39 Å². The Morgan fingerprint density at radius 1 is 0.875 bits per heavy atom. The molecule has 2 aliphatic heterocycles. The molecule has 3 aromatic rings. The van der Waals surface area contributed by atoms with E-state index in [0.717, 1.165) is 17.5 Å². The van der Waals surface area contributed by atoms with E-state index in [1.807, 2.05) is 6.07 Å². The van der Waals surface area contributed by atoms with Crippen molar-refractivity contribution in [2.75, 3.05) is 25.4 Å². The van der Waals surface area contributed by atoms with Gasteiger partial charge in [0, 0.05) is 23.2 Å². The van der Waals surface area contributed by atoms with Crippen LogP contribution in [0.25, 0.3) is 22.3 Å². The predicted molar refractivity (Wildman–Crippen MR) is 124 cm³/mol. The van der Waals surface area contributed by atoms with Crippen LogP contribution in [0.3, 0.4) is 0 Å². The fraction of sp³-hybridized carbons (Fsp3) is 0.280. The van der Waals surface area contributed by atoms with Crippen LogP contribution >= 0.6 is 0 Å². The summed E-state index contributed by atoms with van der Waals surface area (Å²) in [5.41, 5.74) is 9.80. The van der Waals surface area contributed by atoms with E-state index < -0.39 is 5.95 Å².